The van der Waals surface area contributed by atoms with Crippen molar-refractivity contribution in [3.05, 3.63) is 53.0 Å². The second kappa shape index (κ2) is 6.54. The fraction of sp³-hybridized carbons (Fsp3) is 0.0714. The zero-order chi connectivity index (χ0) is 13.7. The first-order chi connectivity index (χ1) is 9.19. The summed E-state index contributed by atoms with van der Waals surface area (Å²) >= 11 is 8.74. The SMILES string of the molecule is COc1ccc(NC(=S)Nc2ccccc2)c(Br)c1. The number of hydrogen-bond acceptors (Lipinski definition) is 2. The van der Waals surface area contributed by atoms with Crippen LogP contribution in [-0.4, -0.2) is 12.2 Å². The Labute approximate surface area is 126 Å². The van der Waals surface area contributed by atoms with Crippen LogP contribution < -0.4 is 15.4 Å². The molecule has 0 atom stereocenters. The molecule has 5 heteroatoms. The molecule has 0 unspecified atom stereocenters. The van der Waals surface area contributed by atoms with Crippen molar-refractivity contribution in [1.82, 2.24) is 0 Å². The summed E-state index contributed by atoms with van der Waals surface area (Å²) in [5, 5.41) is 6.78. The third-order valence-electron chi connectivity index (χ3n) is 2.46. The summed E-state index contributed by atoms with van der Waals surface area (Å²) in [5.41, 5.74) is 1.83. The molecule has 0 amide bonds. The Morgan fingerprint density at radius 3 is 2.47 bits per heavy atom. The van der Waals surface area contributed by atoms with E-state index in [4.69, 9.17) is 17.0 Å². The molecule has 0 radical (unpaired) electrons. The minimum absolute atomic E-state index is 0.539. The van der Waals surface area contributed by atoms with Crippen LogP contribution in [-0.2, 0) is 0 Å². The van der Waals surface area contributed by atoms with Gasteiger partial charge in [-0.2, -0.15) is 0 Å². The maximum atomic E-state index is 5.26. The Morgan fingerprint density at radius 1 is 1.11 bits per heavy atom. The average Bonchev–Trinajstić information content (AvgIpc) is 2.42. The van der Waals surface area contributed by atoms with Gasteiger partial charge in [-0.1, -0.05) is 18.2 Å². The van der Waals surface area contributed by atoms with Gasteiger partial charge < -0.3 is 15.4 Å². The molecule has 0 heterocycles. The van der Waals surface area contributed by atoms with Crippen molar-refractivity contribution in [1.29, 1.82) is 0 Å². The lowest BCUT2D eigenvalue weighted by Crippen LogP contribution is -2.19. The molecule has 0 aromatic heterocycles. The standard InChI is InChI=1S/C14H13BrN2OS/c1-18-11-7-8-13(12(15)9-11)17-14(19)16-10-5-3-2-4-6-10/h2-9H,1H3,(H2,16,17,19). The zero-order valence-corrected chi connectivity index (χ0v) is 12.7. The number of ether oxygens (including phenoxy) is 1. The monoisotopic (exact) mass is 336 g/mol. The molecule has 0 spiro atoms. The van der Waals surface area contributed by atoms with Gasteiger partial charge >= 0.3 is 0 Å². The van der Waals surface area contributed by atoms with Crippen molar-refractivity contribution in [3.63, 3.8) is 0 Å². The molecule has 0 fully saturated rings. The fourth-order valence-electron chi connectivity index (χ4n) is 1.53. The van der Waals surface area contributed by atoms with Crippen molar-refractivity contribution in [2.45, 2.75) is 0 Å². The minimum atomic E-state index is 0.539. The van der Waals surface area contributed by atoms with E-state index in [1.54, 1.807) is 7.11 Å². The van der Waals surface area contributed by atoms with Gasteiger partial charge in [-0.15, -0.1) is 0 Å². The third kappa shape index (κ3) is 3.94. The summed E-state index contributed by atoms with van der Waals surface area (Å²) in [5.74, 6) is 0.791. The molecular weight excluding hydrogens is 324 g/mol. The maximum absolute atomic E-state index is 5.26. The molecule has 2 aromatic carbocycles. The molecule has 2 aromatic rings. The molecule has 19 heavy (non-hydrogen) atoms. The summed E-state index contributed by atoms with van der Waals surface area (Å²) in [4.78, 5) is 0. The van der Waals surface area contributed by atoms with Crippen LogP contribution in [0.2, 0.25) is 0 Å². The van der Waals surface area contributed by atoms with Crippen LogP contribution in [0.5, 0.6) is 5.75 Å². The first kappa shape index (κ1) is 13.8. The second-order valence-electron chi connectivity index (χ2n) is 3.79. The number of halogens is 1. The minimum Gasteiger partial charge on any atom is -0.497 e. The van der Waals surface area contributed by atoms with Crippen LogP contribution in [0.4, 0.5) is 11.4 Å². The van der Waals surface area contributed by atoms with Gasteiger partial charge in [0.15, 0.2) is 5.11 Å². The van der Waals surface area contributed by atoms with Crippen LogP contribution in [0.15, 0.2) is 53.0 Å². The second-order valence-corrected chi connectivity index (χ2v) is 5.05. The highest BCUT2D eigenvalue weighted by Gasteiger charge is 2.04. The Hall–Kier alpha value is -1.59. The Bertz CT molecular complexity index is 575. The van der Waals surface area contributed by atoms with Gasteiger partial charge in [0, 0.05) is 10.2 Å². The van der Waals surface area contributed by atoms with Crippen LogP contribution in [0, 0.1) is 0 Å². The number of hydrogen-bond donors (Lipinski definition) is 2. The summed E-state index contributed by atoms with van der Waals surface area (Å²) in [6.45, 7) is 0. The molecule has 0 saturated carbocycles. The summed E-state index contributed by atoms with van der Waals surface area (Å²) < 4.78 is 6.04. The van der Waals surface area contributed by atoms with Crippen LogP contribution >= 0.6 is 28.1 Å². The fourth-order valence-corrected chi connectivity index (χ4v) is 2.22. The first-order valence-corrected chi connectivity index (χ1v) is 6.86. The van der Waals surface area contributed by atoms with Gasteiger partial charge in [-0.05, 0) is 58.5 Å². The lowest BCUT2D eigenvalue weighted by atomic mass is 10.3. The van der Waals surface area contributed by atoms with Gasteiger partial charge in [0.2, 0.25) is 0 Å². The Kier molecular flexibility index (Phi) is 4.76. The topological polar surface area (TPSA) is 33.3 Å². The van der Waals surface area contributed by atoms with Crippen molar-refractivity contribution >= 4 is 44.6 Å². The predicted octanol–water partition coefficient (Wildman–Crippen LogP) is 4.27. The molecule has 0 aliphatic rings. The van der Waals surface area contributed by atoms with E-state index in [1.165, 1.54) is 0 Å². The third-order valence-corrected chi connectivity index (χ3v) is 3.32. The van der Waals surface area contributed by atoms with Gasteiger partial charge in [0.1, 0.15) is 5.75 Å². The van der Waals surface area contributed by atoms with Crippen LogP contribution in [0.3, 0.4) is 0 Å². The highest BCUT2D eigenvalue weighted by atomic mass is 79.9. The van der Waals surface area contributed by atoms with Gasteiger partial charge in [-0.3, -0.25) is 0 Å². The Morgan fingerprint density at radius 2 is 1.84 bits per heavy atom. The molecule has 3 nitrogen and oxygen atoms in total. The summed E-state index contributed by atoms with van der Waals surface area (Å²) in [6.07, 6.45) is 0. The van der Waals surface area contributed by atoms with Gasteiger partial charge in [0.05, 0.1) is 12.8 Å². The van der Waals surface area contributed by atoms with E-state index in [0.29, 0.717) is 5.11 Å². The largest absolute Gasteiger partial charge is 0.497 e. The van der Waals surface area contributed by atoms with E-state index in [2.05, 4.69) is 26.6 Å². The summed E-state index contributed by atoms with van der Waals surface area (Å²) in [7, 11) is 1.64. The molecule has 98 valence electrons. The smallest absolute Gasteiger partial charge is 0.175 e. The molecule has 2 N–H and O–H groups in total. The normalized spacial score (nSPS) is 9.79. The van der Waals surface area contributed by atoms with E-state index in [9.17, 15) is 0 Å². The van der Waals surface area contributed by atoms with E-state index < -0.39 is 0 Å². The van der Waals surface area contributed by atoms with Crippen LogP contribution in [0.1, 0.15) is 0 Å². The van der Waals surface area contributed by atoms with E-state index in [1.807, 2.05) is 48.5 Å². The molecule has 2 rings (SSSR count). The highest BCUT2D eigenvalue weighted by Crippen LogP contribution is 2.27. The number of thiocarbonyl (C=S) groups is 1. The lowest BCUT2D eigenvalue weighted by molar-refractivity contribution is 0.414. The van der Waals surface area contributed by atoms with Crippen molar-refractivity contribution in [2.24, 2.45) is 0 Å². The van der Waals surface area contributed by atoms with E-state index in [0.717, 1.165) is 21.6 Å². The zero-order valence-electron chi connectivity index (χ0n) is 10.3. The molecular formula is C14H13BrN2OS. The number of anilines is 2. The number of rotatable bonds is 3. The van der Waals surface area contributed by atoms with Crippen molar-refractivity contribution in [2.75, 3.05) is 17.7 Å². The van der Waals surface area contributed by atoms with Crippen molar-refractivity contribution < 1.29 is 4.74 Å². The number of benzene rings is 2. The Balaban J connectivity index is 2.03. The number of methoxy groups -OCH3 is 1. The molecule has 0 saturated heterocycles. The molecule has 0 bridgehead atoms. The molecule has 0 aliphatic carbocycles. The van der Waals surface area contributed by atoms with Gasteiger partial charge in [0.25, 0.3) is 0 Å². The first-order valence-electron chi connectivity index (χ1n) is 5.65. The summed E-state index contributed by atoms with van der Waals surface area (Å²) in [6, 6.07) is 15.4. The van der Waals surface area contributed by atoms with Crippen molar-refractivity contribution in [3.8, 4) is 5.75 Å². The quantitative estimate of drug-likeness (QED) is 0.820. The predicted molar refractivity (Wildman–Crippen MR) is 87.0 cm³/mol. The number of nitrogens with one attached hydrogen (secondary N) is 2. The molecule has 0 aliphatic heterocycles. The van der Waals surface area contributed by atoms with Gasteiger partial charge in [-0.25, -0.2) is 0 Å². The maximum Gasteiger partial charge on any atom is 0.175 e. The van der Waals surface area contributed by atoms with Crippen LogP contribution in [0.25, 0.3) is 0 Å². The highest BCUT2D eigenvalue weighted by molar-refractivity contribution is 9.10. The average molecular weight is 337 g/mol. The number of para-hydroxylation sites is 1. The van der Waals surface area contributed by atoms with E-state index in [-0.39, 0.29) is 0 Å². The van der Waals surface area contributed by atoms with E-state index >= 15 is 0 Å². The lowest BCUT2D eigenvalue weighted by Gasteiger charge is -2.12.